The number of aromatic nitrogens is 5. The van der Waals surface area contributed by atoms with E-state index in [1.165, 1.54) is 4.31 Å². The van der Waals surface area contributed by atoms with Gasteiger partial charge < -0.3 is 9.42 Å². The van der Waals surface area contributed by atoms with Gasteiger partial charge in [0.05, 0.1) is 6.54 Å². The fourth-order valence-corrected chi connectivity index (χ4v) is 5.68. The molecule has 0 N–H and O–H groups in total. The van der Waals surface area contributed by atoms with Gasteiger partial charge in [0.1, 0.15) is 10.6 Å². The fraction of sp³-hybridized carbons (Fsp3) is 0.524. The van der Waals surface area contributed by atoms with Crippen molar-refractivity contribution in [1.82, 2.24) is 34.6 Å². The SMILES string of the molecule is Cc1noc(C)c1S(=O)(=O)N1CCN(CCCCCn2nnc(-c3ccccc3)n2)CC1. The third kappa shape index (κ3) is 5.05. The third-order valence-electron chi connectivity index (χ3n) is 5.71. The van der Waals surface area contributed by atoms with Gasteiger partial charge in [0, 0.05) is 31.7 Å². The summed E-state index contributed by atoms with van der Waals surface area (Å²) < 4.78 is 32.4. The Kier molecular flexibility index (Phi) is 6.97. The van der Waals surface area contributed by atoms with Gasteiger partial charge in [-0.2, -0.15) is 9.10 Å². The van der Waals surface area contributed by atoms with Crippen LogP contribution in [-0.4, -0.2) is 75.7 Å². The highest BCUT2D eigenvalue weighted by Crippen LogP contribution is 2.24. The van der Waals surface area contributed by atoms with Crippen LogP contribution in [0.15, 0.2) is 39.8 Å². The van der Waals surface area contributed by atoms with Crippen LogP contribution in [0.3, 0.4) is 0 Å². The van der Waals surface area contributed by atoms with Gasteiger partial charge in [-0.3, -0.25) is 0 Å². The van der Waals surface area contributed by atoms with Crippen LogP contribution in [0.5, 0.6) is 0 Å². The molecule has 4 rings (SSSR count). The first-order valence-electron chi connectivity index (χ1n) is 10.9. The molecule has 1 aliphatic heterocycles. The number of unbranched alkanes of at least 4 members (excludes halogenated alkanes) is 2. The van der Waals surface area contributed by atoms with Crippen LogP contribution in [-0.2, 0) is 16.6 Å². The second-order valence-corrected chi connectivity index (χ2v) is 9.91. The molecule has 10 nitrogen and oxygen atoms in total. The molecule has 0 atom stereocenters. The van der Waals surface area contributed by atoms with Gasteiger partial charge in [-0.1, -0.05) is 41.9 Å². The first kappa shape index (κ1) is 22.6. The van der Waals surface area contributed by atoms with Crippen LogP contribution < -0.4 is 0 Å². The van der Waals surface area contributed by atoms with E-state index in [2.05, 4.69) is 25.5 Å². The average molecular weight is 460 g/mol. The summed E-state index contributed by atoms with van der Waals surface area (Å²) in [6, 6.07) is 9.83. The minimum Gasteiger partial charge on any atom is -0.360 e. The molecule has 0 amide bonds. The number of hydrogen-bond donors (Lipinski definition) is 0. The van der Waals surface area contributed by atoms with E-state index in [1.807, 2.05) is 30.3 Å². The minimum absolute atomic E-state index is 0.211. The molecule has 32 heavy (non-hydrogen) atoms. The smallest absolute Gasteiger partial charge is 0.248 e. The summed E-state index contributed by atoms with van der Waals surface area (Å²) in [5, 5.41) is 16.5. The van der Waals surface area contributed by atoms with E-state index in [4.69, 9.17) is 4.52 Å². The minimum atomic E-state index is -3.55. The van der Waals surface area contributed by atoms with Crippen LogP contribution in [0.2, 0.25) is 0 Å². The maximum atomic E-state index is 12.9. The molecular formula is C21H29N7O3S. The second kappa shape index (κ2) is 9.88. The van der Waals surface area contributed by atoms with E-state index >= 15 is 0 Å². The zero-order chi connectivity index (χ0) is 22.6. The molecule has 1 aromatic carbocycles. The number of nitrogens with zero attached hydrogens (tertiary/aromatic N) is 7. The Hall–Kier alpha value is -2.63. The van der Waals surface area contributed by atoms with Crippen molar-refractivity contribution in [3.05, 3.63) is 41.8 Å². The second-order valence-electron chi connectivity index (χ2n) is 8.03. The fourth-order valence-electron chi connectivity index (χ4n) is 3.97. The van der Waals surface area contributed by atoms with Crippen molar-refractivity contribution in [1.29, 1.82) is 0 Å². The molecule has 0 radical (unpaired) electrons. The van der Waals surface area contributed by atoms with Gasteiger partial charge in [-0.15, -0.1) is 10.2 Å². The molecule has 0 saturated carbocycles. The quantitative estimate of drug-likeness (QED) is 0.448. The lowest BCUT2D eigenvalue weighted by Gasteiger charge is -2.33. The Labute approximate surface area is 188 Å². The Morgan fingerprint density at radius 3 is 2.38 bits per heavy atom. The third-order valence-corrected chi connectivity index (χ3v) is 7.86. The summed E-state index contributed by atoms with van der Waals surface area (Å²) in [6.07, 6.45) is 3.08. The number of piperazine rings is 1. The first-order valence-corrected chi connectivity index (χ1v) is 12.4. The van der Waals surface area contributed by atoms with Crippen molar-refractivity contribution < 1.29 is 12.9 Å². The summed E-state index contributed by atoms with van der Waals surface area (Å²) in [7, 11) is -3.55. The van der Waals surface area contributed by atoms with E-state index in [9.17, 15) is 8.42 Å². The first-order chi connectivity index (χ1) is 15.4. The largest absolute Gasteiger partial charge is 0.360 e. The van der Waals surface area contributed by atoms with Crippen molar-refractivity contribution in [2.45, 2.75) is 44.6 Å². The van der Waals surface area contributed by atoms with E-state index in [1.54, 1.807) is 18.6 Å². The van der Waals surface area contributed by atoms with Crippen molar-refractivity contribution >= 4 is 10.0 Å². The normalized spacial score (nSPS) is 15.9. The lowest BCUT2D eigenvalue weighted by molar-refractivity contribution is 0.185. The maximum Gasteiger partial charge on any atom is 0.248 e. The number of aryl methyl sites for hydroxylation is 3. The highest BCUT2D eigenvalue weighted by molar-refractivity contribution is 7.89. The zero-order valence-electron chi connectivity index (χ0n) is 18.5. The monoisotopic (exact) mass is 459 g/mol. The molecular weight excluding hydrogens is 430 g/mol. The van der Waals surface area contributed by atoms with Gasteiger partial charge >= 0.3 is 0 Å². The predicted molar refractivity (Wildman–Crippen MR) is 118 cm³/mol. The van der Waals surface area contributed by atoms with Crippen LogP contribution in [0.4, 0.5) is 0 Å². The number of hydrogen-bond acceptors (Lipinski definition) is 8. The van der Waals surface area contributed by atoms with E-state index < -0.39 is 10.0 Å². The molecule has 3 aromatic rings. The van der Waals surface area contributed by atoms with E-state index in [0.29, 0.717) is 30.4 Å². The summed E-state index contributed by atoms with van der Waals surface area (Å²) in [5.41, 5.74) is 1.39. The van der Waals surface area contributed by atoms with E-state index in [-0.39, 0.29) is 4.90 Å². The summed E-state index contributed by atoms with van der Waals surface area (Å²) in [4.78, 5) is 4.18. The Morgan fingerprint density at radius 2 is 1.69 bits per heavy atom. The number of rotatable bonds is 9. The summed E-state index contributed by atoms with van der Waals surface area (Å²) in [5.74, 6) is 0.998. The van der Waals surface area contributed by atoms with E-state index in [0.717, 1.165) is 51.0 Å². The molecule has 3 heterocycles. The van der Waals surface area contributed by atoms with Crippen LogP contribution in [0, 0.1) is 13.8 Å². The average Bonchev–Trinajstić information content (AvgIpc) is 3.41. The molecule has 0 unspecified atom stereocenters. The number of sulfonamides is 1. The molecule has 2 aromatic heterocycles. The molecule has 0 spiro atoms. The van der Waals surface area contributed by atoms with Gasteiger partial charge in [-0.25, -0.2) is 8.42 Å². The zero-order valence-corrected chi connectivity index (χ0v) is 19.3. The standard InChI is InChI=1S/C21H29N7O3S/c1-17-20(18(2)31-24-17)32(29,30)27-15-13-26(14-16-27)11-7-4-8-12-28-23-21(22-25-28)19-9-5-3-6-10-19/h3,5-6,9-10H,4,7-8,11-16H2,1-2H3. The molecule has 0 bridgehead atoms. The lowest BCUT2D eigenvalue weighted by Crippen LogP contribution is -2.48. The van der Waals surface area contributed by atoms with Gasteiger partial charge in [0.2, 0.25) is 15.8 Å². The molecule has 0 aliphatic carbocycles. The number of benzene rings is 1. The van der Waals surface area contributed by atoms with Crippen molar-refractivity contribution in [3.63, 3.8) is 0 Å². The highest BCUT2D eigenvalue weighted by Gasteiger charge is 2.33. The maximum absolute atomic E-state index is 12.9. The Balaban J connectivity index is 1.17. The van der Waals surface area contributed by atoms with Crippen LogP contribution in [0.25, 0.3) is 11.4 Å². The topological polar surface area (TPSA) is 110 Å². The molecule has 11 heteroatoms. The molecule has 1 fully saturated rings. The van der Waals surface area contributed by atoms with Gasteiger partial charge in [0.15, 0.2) is 5.76 Å². The van der Waals surface area contributed by atoms with Crippen LogP contribution >= 0.6 is 0 Å². The molecule has 1 saturated heterocycles. The van der Waals surface area contributed by atoms with Crippen molar-refractivity contribution in [3.8, 4) is 11.4 Å². The molecule has 1 aliphatic rings. The van der Waals surface area contributed by atoms with Gasteiger partial charge in [-0.05, 0) is 38.4 Å². The summed E-state index contributed by atoms with van der Waals surface area (Å²) >= 11 is 0. The predicted octanol–water partition coefficient (Wildman–Crippen LogP) is 2.12. The Morgan fingerprint density at radius 1 is 0.969 bits per heavy atom. The Bertz CT molecular complexity index is 1100. The number of tetrazole rings is 1. The van der Waals surface area contributed by atoms with Crippen molar-refractivity contribution in [2.24, 2.45) is 0 Å². The lowest BCUT2D eigenvalue weighted by atomic mass is 10.2. The van der Waals surface area contributed by atoms with Gasteiger partial charge in [0.25, 0.3) is 0 Å². The van der Waals surface area contributed by atoms with Crippen LogP contribution in [0.1, 0.15) is 30.7 Å². The highest BCUT2D eigenvalue weighted by atomic mass is 32.2. The summed E-state index contributed by atoms with van der Waals surface area (Å²) in [6.45, 7) is 7.43. The molecule has 172 valence electrons. The van der Waals surface area contributed by atoms with Crippen molar-refractivity contribution in [2.75, 3.05) is 32.7 Å².